The minimum absolute atomic E-state index is 0.349. The van der Waals surface area contributed by atoms with E-state index in [2.05, 4.69) is 5.43 Å². The summed E-state index contributed by atoms with van der Waals surface area (Å²) in [7, 11) is 1.71. The molecule has 0 fully saturated rings. The van der Waals surface area contributed by atoms with Crippen molar-refractivity contribution in [3.05, 3.63) is 0 Å². The Kier molecular flexibility index (Phi) is 9.80. The van der Waals surface area contributed by atoms with Crippen molar-refractivity contribution in [2.75, 3.05) is 26.9 Å². The number of ether oxygens (including phenoxy) is 2. The first-order chi connectivity index (χ1) is 6.35. The van der Waals surface area contributed by atoms with Crippen LogP contribution in [0.2, 0.25) is 0 Å². The van der Waals surface area contributed by atoms with Crippen molar-refractivity contribution in [3.63, 3.8) is 0 Å². The third kappa shape index (κ3) is 8.18. The summed E-state index contributed by atoms with van der Waals surface area (Å²) in [5.41, 5.74) is 2.78. The van der Waals surface area contributed by atoms with Crippen molar-refractivity contribution in [2.45, 2.75) is 32.2 Å². The predicted molar refractivity (Wildman–Crippen MR) is 53.3 cm³/mol. The lowest BCUT2D eigenvalue weighted by molar-refractivity contribution is 0.132. The lowest BCUT2D eigenvalue weighted by Gasteiger charge is -2.14. The molecule has 0 aliphatic rings. The summed E-state index contributed by atoms with van der Waals surface area (Å²) in [5, 5.41) is 0. The Labute approximate surface area is 80.7 Å². The van der Waals surface area contributed by atoms with Gasteiger partial charge in [0.05, 0.1) is 0 Å². The molecule has 4 nitrogen and oxygen atoms in total. The molecule has 0 rings (SSSR count). The molecule has 0 saturated carbocycles. The third-order valence-corrected chi connectivity index (χ3v) is 1.95. The Balaban J connectivity index is 3.28. The van der Waals surface area contributed by atoms with E-state index in [1.54, 1.807) is 7.11 Å². The molecular weight excluding hydrogens is 168 g/mol. The van der Waals surface area contributed by atoms with Gasteiger partial charge in [0, 0.05) is 33.0 Å². The zero-order valence-electron chi connectivity index (χ0n) is 8.71. The fourth-order valence-corrected chi connectivity index (χ4v) is 1.16. The molecule has 80 valence electrons. The van der Waals surface area contributed by atoms with Gasteiger partial charge in [-0.2, -0.15) is 0 Å². The van der Waals surface area contributed by atoms with E-state index < -0.39 is 0 Å². The van der Waals surface area contributed by atoms with Gasteiger partial charge in [-0.3, -0.25) is 11.3 Å². The van der Waals surface area contributed by atoms with Crippen LogP contribution in [0, 0.1) is 0 Å². The number of nitrogens with two attached hydrogens (primary N) is 1. The van der Waals surface area contributed by atoms with Gasteiger partial charge in [-0.1, -0.05) is 0 Å². The highest BCUT2D eigenvalue weighted by molar-refractivity contribution is 4.62. The molecular formula is C9H22N2O2. The van der Waals surface area contributed by atoms with Crippen LogP contribution in [0.5, 0.6) is 0 Å². The van der Waals surface area contributed by atoms with Gasteiger partial charge < -0.3 is 9.47 Å². The molecule has 13 heavy (non-hydrogen) atoms. The molecule has 3 N–H and O–H groups in total. The Bertz CT molecular complexity index is 91.6. The molecule has 0 heterocycles. The van der Waals surface area contributed by atoms with E-state index in [1.165, 1.54) is 0 Å². The molecule has 0 aliphatic carbocycles. The highest BCUT2D eigenvalue weighted by atomic mass is 16.5. The van der Waals surface area contributed by atoms with Crippen LogP contribution >= 0.6 is 0 Å². The molecule has 0 aliphatic heterocycles. The summed E-state index contributed by atoms with van der Waals surface area (Å²) in [6.45, 7) is 4.34. The fourth-order valence-electron chi connectivity index (χ4n) is 1.16. The van der Waals surface area contributed by atoms with Gasteiger partial charge in [0.25, 0.3) is 0 Å². The quantitative estimate of drug-likeness (QED) is 0.319. The second kappa shape index (κ2) is 9.92. The zero-order valence-corrected chi connectivity index (χ0v) is 8.71. The van der Waals surface area contributed by atoms with Crippen molar-refractivity contribution >= 4 is 0 Å². The van der Waals surface area contributed by atoms with Gasteiger partial charge in [-0.25, -0.2) is 0 Å². The van der Waals surface area contributed by atoms with Crippen molar-refractivity contribution in [1.29, 1.82) is 0 Å². The van der Waals surface area contributed by atoms with Gasteiger partial charge in [-0.05, 0) is 26.2 Å². The average molecular weight is 190 g/mol. The summed E-state index contributed by atoms with van der Waals surface area (Å²) in [4.78, 5) is 0. The summed E-state index contributed by atoms with van der Waals surface area (Å²) < 4.78 is 10.2. The molecule has 0 radical (unpaired) electrons. The Morgan fingerprint density at radius 1 is 1.31 bits per heavy atom. The molecule has 0 aromatic heterocycles. The number of methoxy groups -OCH3 is 1. The highest BCUT2D eigenvalue weighted by Gasteiger charge is 2.05. The molecule has 1 atom stereocenters. The lowest BCUT2D eigenvalue weighted by Crippen LogP contribution is -2.36. The molecule has 0 saturated heterocycles. The molecule has 0 bridgehead atoms. The highest BCUT2D eigenvalue weighted by Crippen LogP contribution is 2.01. The van der Waals surface area contributed by atoms with Crippen LogP contribution in [0.15, 0.2) is 0 Å². The smallest absolute Gasteiger partial charge is 0.0481 e. The SMILES string of the molecule is CCOCCC(CCCOC)NN. The maximum Gasteiger partial charge on any atom is 0.0481 e. The Morgan fingerprint density at radius 2 is 2.08 bits per heavy atom. The van der Waals surface area contributed by atoms with Crippen molar-refractivity contribution in [1.82, 2.24) is 5.43 Å². The molecule has 0 aromatic rings. The number of rotatable bonds is 9. The predicted octanol–water partition coefficient (Wildman–Crippen LogP) is 0.672. The van der Waals surface area contributed by atoms with E-state index in [1.807, 2.05) is 6.92 Å². The number of hydrazine groups is 1. The maximum absolute atomic E-state index is 5.39. The van der Waals surface area contributed by atoms with Crippen LogP contribution in [0.25, 0.3) is 0 Å². The van der Waals surface area contributed by atoms with E-state index >= 15 is 0 Å². The van der Waals surface area contributed by atoms with E-state index in [0.717, 1.165) is 39.1 Å². The van der Waals surface area contributed by atoms with Gasteiger partial charge in [0.2, 0.25) is 0 Å². The van der Waals surface area contributed by atoms with Crippen LogP contribution < -0.4 is 11.3 Å². The van der Waals surface area contributed by atoms with E-state index in [4.69, 9.17) is 15.3 Å². The largest absolute Gasteiger partial charge is 0.385 e. The van der Waals surface area contributed by atoms with Crippen molar-refractivity contribution < 1.29 is 9.47 Å². The molecule has 0 spiro atoms. The molecule has 1 unspecified atom stereocenters. The second-order valence-corrected chi connectivity index (χ2v) is 2.98. The lowest BCUT2D eigenvalue weighted by atomic mass is 10.1. The van der Waals surface area contributed by atoms with Crippen LogP contribution in [0.1, 0.15) is 26.2 Å². The third-order valence-electron chi connectivity index (χ3n) is 1.95. The number of hydrogen-bond donors (Lipinski definition) is 2. The van der Waals surface area contributed by atoms with E-state index in [9.17, 15) is 0 Å². The van der Waals surface area contributed by atoms with Gasteiger partial charge in [-0.15, -0.1) is 0 Å². The van der Waals surface area contributed by atoms with Gasteiger partial charge in [0.1, 0.15) is 0 Å². The Hall–Kier alpha value is -0.160. The molecule has 0 aromatic carbocycles. The van der Waals surface area contributed by atoms with E-state index in [-0.39, 0.29) is 0 Å². The topological polar surface area (TPSA) is 56.5 Å². The monoisotopic (exact) mass is 190 g/mol. The van der Waals surface area contributed by atoms with E-state index in [0.29, 0.717) is 6.04 Å². The fraction of sp³-hybridized carbons (Fsp3) is 1.00. The summed E-state index contributed by atoms with van der Waals surface area (Å²) in [6, 6.07) is 0.349. The summed E-state index contributed by atoms with van der Waals surface area (Å²) >= 11 is 0. The van der Waals surface area contributed by atoms with Crippen LogP contribution in [0.3, 0.4) is 0 Å². The first kappa shape index (κ1) is 12.8. The van der Waals surface area contributed by atoms with Crippen LogP contribution in [0.4, 0.5) is 0 Å². The average Bonchev–Trinajstić information content (AvgIpc) is 2.16. The summed E-state index contributed by atoms with van der Waals surface area (Å²) in [5.74, 6) is 5.39. The minimum atomic E-state index is 0.349. The molecule has 0 amide bonds. The second-order valence-electron chi connectivity index (χ2n) is 2.98. The standard InChI is InChI=1S/C9H22N2O2/c1-3-13-8-6-9(11-10)5-4-7-12-2/h9,11H,3-8,10H2,1-2H3. The summed E-state index contributed by atoms with van der Waals surface area (Å²) in [6.07, 6.45) is 3.04. The van der Waals surface area contributed by atoms with Gasteiger partial charge >= 0.3 is 0 Å². The van der Waals surface area contributed by atoms with Crippen LogP contribution in [-0.2, 0) is 9.47 Å². The van der Waals surface area contributed by atoms with Gasteiger partial charge in [0.15, 0.2) is 0 Å². The van der Waals surface area contributed by atoms with Crippen LogP contribution in [-0.4, -0.2) is 33.0 Å². The first-order valence-electron chi connectivity index (χ1n) is 4.88. The molecule has 4 heteroatoms. The minimum Gasteiger partial charge on any atom is -0.385 e. The normalized spacial score (nSPS) is 13.2. The maximum atomic E-state index is 5.39. The number of hydrogen-bond acceptors (Lipinski definition) is 4. The Morgan fingerprint density at radius 3 is 2.62 bits per heavy atom. The number of nitrogens with one attached hydrogen (secondary N) is 1. The first-order valence-corrected chi connectivity index (χ1v) is 4.88. The zero-order chi connectivity index (χ0) is 9.94. The van der Waals surface area contributed by atoms with Crippen molar-refractivity contribution in [2.24, 2.45) is 5.84 Å². The van der Waals surface area contributed by atoms with Crippen molar-refractivity contribution in [3.8, 4) is 0 Å².